The number of rotatable bonds is 2. The lowest BCUT2D eigenvalue weighted by Crippen LogP contribution is -2.14. The Labute approximate surface area is 114 Å². The van der Waals surface area contributed by atoms with Crippen molar-refractivity contribution in [3.05, 3.63) is 35.5 Å². The van der Waals surface area contributed by atoms with E-state index in [0.29, 0.717) is 0 Å². The Morgan fingerprint density at radius 2 is 1.95 bits per heavy atom. The van der Waals surface area contributed by atoms with E-state index < -0.39 is 0 Å². The van der Waals surface area contributed by atoms with Gasteiger partial charge in [-0.3, -0.25) is 0 Å². The molecule has 1 aliphatic rings. The van der Waals surface area contributed by atoms with Crippen LogP contribution in [0.4, 0.5) is 0 Å². The van der Waals surface area contributed by atoms with Crippen molar-refractivity contribution in [1.29, 1.82) is 5.26 Å². The van der Waals surface area contributed by atoms with Crippen molar-refractivity contribution in [2.75, 3.05) is 0 Å². The highest BCUT2D eigenvalue weighted by molar-refractivity contribution is 5.88. The summed E-state index contributed by atoms with van der Waals surface area (Å²) in [6.07, 6.45) is 6.81. The molecular weight excluding hydrogens is 232 g/mol. The maximum absolute atomic E-state index is 9.37. The molecule has 0 amide bonds. The first-order valence-corrected chi connectivity index (χ1v) is 7.29. The maximum atomic E-state index is 9.37. The normalized spacial score (nSPS) is 16.6. The molecule has 1 aliphatic carbocycles. The van der Waals surface area contributed by atoms with Crippen LogP contribution in [0.1, 0.15) is 43.4 Å². The van der Waals surface area contributed by atoms with Crippen LogP contribution >= 0.6 is 0 Å². The number of hydrogen-bond donors (Lipinski definition) is 0. The quantitative estimate of drug-likeness (QED) is 0.778. The van der Waals surface area contributed by atoms with E-state index in [1.54, 1.807) is 0 Å². The summed E-state index contributed by atoms with van der Waals surface area (Å²) in [4.78, 5) is 0. The summed E-state index contributed by atoms with van der Waals surface area (Å²) in [6, 6.07) is 10.7. The van der Waals surface area contributed by atoms with Gasteiger partial charge in [0.25, 0.3) is 0 Å². The Bertz CT molecular complexity index is 624. The lowest BCUT2D eigenvalue weighted by Gasteiger charge is -2.23. The number of nitrogens with zero attached hydrogens (tertiary/aromatic N) is 2. The molecule has 1 aromatic carbocycles. The summed E-state index contributed by atoms with van der Waals surface area (Å²) in [5, 5.41) is 10.5. The van der Waals surface area contributed by atoms with Gasteiger partial charge in [-0.15, -0.1) is 0 Å². The van der Waals surface area contributed by atoms with E-state index in [0.717, 1.165) is 29.1 Å². The molecule has 0 N–H and O–H groups in total. The predicted molar refractivity (Wildman–Crippen MR) is 78.0 cm³/mol. The highest BCUT2D eigenvalue weighted by atomic mass is 15.0. The second-order valence-electron chi connectivity index (χ2n) is 5.70. The summed E-state index contributed by atoms with van der Waals surface area (Å²) in [5.41, 5.74) is 3.21. The van der Waals surface area contributed by atoms with E-state index in [2.05, 4.69) is 35.8 Å². The van der Waals surface area contributed by atoms with Crippen molar-refractivity contribution in [2.24, 2.45) is 5.92 Å². The van der Waals surface area contributed by atoms with Gasteiger partial charge in [0.15, 0.2) is 0 Å². The van der Waals surface area contributed by atoms with Gasteiger partial charge in [0.05, 0.1) is 5.56 Å². The minimum atomic E-state index is 0.787. The molecule has 1 aromatic heterocycles. The molecule has 0 radical (unpaired) electrons. The van der Waals surface area contributed by atoms with Crippen molar-refractivity contribution in [1.82, 2.24) is 4.57 Å². The van der Waals surface area contributed by atoms with Crippen molar-refractivity contribution >= 4 is 10.9 Å². The fourth-order valence-corrected chi connectivity index (χ4v) is 3.44. The average molecular weight is 252 g/mol. The molecule has 3 rings (SSSR count). The van der Waals surface area contributed by atoms with E-state index in [-0.39, 0.29) is 0 Å². The Balaban J connectivity index is 2.03. The van der Waals surface area contributed by atoms with Gasteiger partial charge in [-0.05, 0) is 31.7 Å². The number of nitriles is 1. The van der Waals surface area contributed by atoms with Crippen LogP contribution < -0.4 is 0 Å². The third kappa shape index (κ3) is 2.14. The van der Waals surface area contributed by atoms with Gasteiger partial charge < -0.3 is 4.57 Å². The highest BCUT2D eigenvalue weighted by Gasteiger charge is 2.18. The monoisotopic (exact) mass is 252 g/mol. The Hall–Kier alpha value is -1.75. The smallest absolute Gasteiger partial charge is 0.102 e. The van der Waals surface area contributed by atoms with E-state index >= 15 is 0 Å². The zero-order valence-electron chi connectivity index (χ0n) is 11.5. The minimum absolute atomic E-state index is 0.787. The topological polar surface area (TPSA) is 28.7 Å². The first-order chi connectivity index (χ1) is 9.31. The lowest BCUT2D eigenvalue weighted by molar-refractivity contribution is 0.321. The van der Waals surface area contributed by atoms with Crippen LogP contribution in [0.15, 0.2) is 24.3 Å². The second-order valence-corrected chi connectivity index (χ2v) is 5.70. The molecule has 0 atom stereocenters. The summed E-state index contributed by atoms with van der Waals surface area (Å²) in [5.74, 6) is 0.787. The van der Waals surface area contributed by atoms with Crippen LogP contribution in [0.2, 0.25) is 0 Å². The SMILES string of the molecule is Cc1c(C#N)c2ccccc2n1CC1CCCCC1. The van der Waals surface area contributed by atoms with Crippen LogP contribution in [0, 0.1) is 24.2 Å². The van der Waals surface area contributed by atoms with E-state index in [9.17, 15) is 5.26 Å². The number of aromatic nitrogens is 1. The van der Waals surface area contributed by atoms with Crippen molar-refractivity contribution in [3.8, 4) is 6.07 Å². The molecule has 98 valence electrons. The third-order valence-electron chi connectivity index (χ3n) is 4.51. The van der Waals surface area contributed by atoms with Crippen LogP contribution in [-0.4, -0.2) is 4.57 Å². The number of hydrogen-bond acceptors (Lipinski definition) is 1. The maximum Gasteiger partial charge on any atom is 0.102 e. The van der Waals surface area contributed by atoms with Gasteiger partial charge in [0.1, 0.15) is 6.07 Å². The summed E-state index contributed by atoms with van der Waals surface area (Å²) in [6.45, 7) is 3.16. The molecule has 2 aromatic rings. The van der Waals surface area contributed by atoms with Crippen molar-refractivity contribution in [3.63, 3.8) is 0 Å². The van der Waals surface area contributed by atoms with Gasteiger partial charge in [0.2, 0.25) is 0 Å². The van der Waals surface area contributed by atoms with Gasteiger partial charge >= 0.3 is 0 Å². The van der Waals surface area contributed by atoms with Crippen LogP contribution in [0.5, 0.6) is 0 Å². The largest absolute Gasteiger partial charge is 0.343 e. The summed E-state index contributed by atoms with van der Waals surface area (Å²) >= 11 is 0. The van der Waals surface area contributed by atoms with Crippen molar-refractivity contribution in [2.45, 2.75) is 45.6 Å². The predicted octanol–water partition coefficient (Wildman–Crippen LogP) is 4.40. The number of benzene rings is 1. The molecule has 0 unspecified atom stereocenters. The number of para-hydroxylation sites is 1. The van der Waals surface area contributed by atoms with Crippen molar-refractivity contribution < 1.29 is 0 Å². The minimum Gasteiger partial charge on any atom is -0.343 e. The fraction of sp³-hybridized carbons (Fsp3) is 0.471. The van der Waals surface area contributed by atoms with Gasteiger partial charge in [-0.1, -0.05) is 37.5 Å². The first kappa shape index (κ1) is 12.3. The van der Waals surface area contributed by atoms with E-state index in [1.165, 1.54) is 37.6 Å². The highest BCUT2D eigenvalue weighted by Crippen LogP contribution is 2.30. The molecule has 1 saturated carbocycles. The Kier molecular flexibility index (Phi) is 3.29. The van der Waals surface area contributed by atoms with Crippen LogP contribution in [-0.2, 0) is 6.54 Å². The summed E-state index contributed by atoms with van der Waals surface area (Å²) < 4.78 is 2.36. The fourth-order valence-electron chi connectivity index (χ4n) is 3.44. The van der Waals surface area contributed by atoms with Gasteiger partial charge in [0, 0.05) is 23.1 Å². The lowest BCUT2D eigenvalue weighted by atomic mass is 9.89. The molecular formula is C17H20N2. The molecule has 0 aliphatic heterocycles. The number of fused-ring (bicyclic) bond motifs is 1. The average Bonchev–Trinajstić information content (AvgIpc) is 2.73. The van der Waals surface area contributed by atoms with E-state index in [1.807, 2.05) is 6.07 Å². The standard InChI is InChI=1S/C17H20N2/c1-13-16(11-18)15-9-5-6-10-17(15)19(13)12-14-7-3-2-4-8-14/h5-6,9-10,14H,2-4,7-8,12H2,1H3. The zero-order valence-corrected chi connectivity index (χ0v) is 11.5. The molecule has 0 saturated heterocycles. The first-order valence-electron chi connectivity index (χ1n) is 7.29. The molecule has 2 heteroatoms. The molecule has 19 heavy (non-hydrogen) atoms. The molecule has 1 heterocycles. The van der Waals surface area contributed by atoms with E-state index in [4.69, 9.17) is 0 Å². The molecule has 0 spiro atoms. The molecule has 0 bridgehead atoms. The summed E-state index contributed by atoms with van der Waals surface area (Å²) in [7, 11) is 0. The second kappa shape index (κ2) is 5.09. The third-order valence-corrected chi connectivity index (χ3v) is 4.51. The Morgan fingerprint density at radius 1 is 1.21 bits per heavy atom. The molecule has 1 fully saturated rings. The van der Waals surface area contributed by atoms with Gasteiger partial charge in [-0.2, -0.15) is 5.26 Å². The van der Waals surface area contributed by atoms with Crippen LogP contribution in [0.3, 0.4) is 0 Å². The Morgan fingerprint density at radius 3 is 2.68 bits per heavy atom. The van der Waals surface area contributed by atoms with Crippen LogP contribution in [0.25, 0.3) is 10.9 Å². The molecule has 2 nitrogen and oxygen atoms in total. The van der Waals surface area contributed by atoms with Gasteiger partial charge in [-0.25, -0.2) is 0 Å². The zero-order chi connectivity index (χ0) is 13.2.